The summed E-state index contributed by atoms with van der Waals surface area (Å²) in [6.07, 6.45) is 4.50. The molecule has 2 fully saturated rings. The molecule has 2 aliphatic carbocycles. The van der Waals surface area contributed by atoms with Crippen LogP contribution in [0.2, 0.25) is 0 Å². The van der Waals surface area contributed by atoms with E-state index in [0.29, 0.717) is 17.5 Å². The zero-order valence-corrected chi connectivity index (χ0v) is 12.4. The maximum Gasteiger partial charge on any atom is 0.358 e. The number of carbonyl (C=O) groups is 1. The summed E-state index contributed by atoms with van der Waals surface area (Å²) in [5.41, 5.74) is 6.54. The molecule has 0 heterocycles. The third-order valence-corrected chi connectivity index (χ3v) is 3.79. The average molecular weight is 298 g/mol. The Bertz CT molecular complexity index is 477. The maximum atomic E-state index is 11.8. The molecule has 0 unspecified atom stereocenters. The largest absolute Gasteiger partial charge is 0.464 e. The number of methoxy groups -OCH3 is 1. The van der Waals surface area contributed by atoms with E-state index >= 15 is 0 Å². The molecule has 0 radical (unpaired) electrons. The Kier molecular flexibility index (Phi) is 4.70. The summed E-state index contributed by atoms with van der Waals surface area (Å²) >= 11 is 6.16. The lowest BCUT2D eigenvalue weighted by Gasteiger charge is -2.10. The van der Waals surface area contributed by atoms with Crippen molar-refractivity contribution in [1.29, 1.82) is 0 Å². The molecule has 2 aliphatic rings. The van der Waals surface area contributed by atoms with Crippen molar-refractivity contribution in [1.82, 2.24) is 5.32 Å². The molecule has 2 rings (SSSR count). The van der Waals surface area contributed by atoms with Gasteiger partial charge >= 0.3 is 5.97 Å². The highest BCUT2D eigenvalue weighted by molar-refractivity contribution is 6.58. The van der Waals surface area contributed by atoms with Crippen molar-refractivity contribution >= 4 is 23.3 Å². The van der Waals surface area contributed by atoms with Gasteiger partial charge in [0.15, 0.2) is 5.71 Å². The lowest BCUT2D eigenvalue weighted by Crippen LogP contribution is -2.28. The third-order valence-electron chi connectivity index (χ3n) is 3.41. The summed E-state index contributed by atoms with van der Waals surface area (Å²) < 4.78 is 4.71. The van der Waals surface area contributed by atoms with Crippen LogP contribution in [0.5, 0.6) is 0 Å². The molecule has 5 nitrogen and oxygen atoms in total. The van der Waals surface area contributed by atoms with E-state index in [0.717, 1.165) is 19.4 Å². The molecule has 20 heavy (non-hydrogen) atoms. The van der Waals surface area contributed by atoms with Crippen LogP contribution in [0, 0.1) is 11.8 Å². The average Bonchev–Trinajstić information content (AvgIpc) is 3.30. The molecule has 0 aromatic carbocycles. The number of ether oxygens (including phenoxy) is 1. The van der Waals surface area contributed by atoms with Gasteiger partial charge in [0.2, 0.25) is 0 Å². The Hall–Kier alpha value is -1.49. The van der Waals surface area contributed by atoms with Gasteiger partial charge < -0.3 is 15.8 Å². The lowest BCUT2D eigenvalue weighted by atomic mass is 10.3. The Morgan fingerprint density at radius 1 is 1.45 bits per heavy atom. The second kappa shape index (κ2) is 6.31. The summed E-state index contributed by atoms with van der Waals surface area (Å²) in [6, 6.07) is 0. The SMILES string of the molecule is C=C(/N=C(C(=O)OC)\C(Cl)=C(/N)NCC1CC1)C1CC1. The van der Waals surface area contributed by atoms with Gasteiger partial charge in [-0.15, -0.1) is 0 Å². The van der Waals surface area contributed by atoms with Crippen LogP contribution in [0.15, 0.2) is 28.1 Å². The first-order valence-electron chi connectivity index (χ1n) is 6.78. The molecule has 6 heteroatoms. The maximum absolute atomic E-state index is 11.8. The number of allylic oxidation sites excluding steroid dienone is 1. The number of aliphatic imine (C=N–C) groups is 1. The predicted molar refractivity (Wildman–Crippen MR) is 79.1 cm³/mol. The van der Waals surface area contributed by atoms with Crippen molar-refractivity contribution in [2.24, 2.45) is 22.6 Å². The van der Waals surface area contributed by atoms with Crippen LogP contribution in [0.1, 0.15) is 25.7 Å². The molecule has 0 atom stereocenters. The van der Waals surface area contributed by atoms with Crippen molar-refractivity contribution in [2.75, 3.05) is 13.7 Å². The van der Waals surface area contributed by atoms with E-state index in [9.17, 15) is 4.79 Å². The fraction of sp³-hybridized carbons (Fsp3) is 0.571. The van der Waals surface area contributed by atoms with Crippen LogP contribution in [-0.2, 0) is 9.53 Å². The second-order valence-electron chi connectivity index (χ2n) is 5.27. The number of nitrogens with one attached hydrogen (secondary N) is 1. The minimum Gasteiger partial charge on any atom is -0.464 e. The third kappa shape index (κ3) is 4.00. The van der Waals surface area contributed by atoms with Crippen LogP contribution >= 0.6 is 11.6 Å². The van der Waals surface area contributed by atoms with Crippen LogP contribution in [-0.4, -0.2) is 25.3 Å². The van der Waals surface area contributed by atoms with Gasteiger partial charge in [0, 0.05) is 18.2 Å². The van der Waals surface area contributed by atoms with Crippen molar-refractivity contribution in [3.63, 3.8) is 0 Å². The van der Waals surface area contributed by atoms with E-state index in [1.807, 2.05) is 0 Å². The number of hydrogen-bond donors (Lipinski definition) is 2. The van der Waals surface area contributed by atoms with Crippen molar-refractivity contribution in [3.05, 3.63) is 23.1 Å². The Balaban J connectivity index is 2.12. The smallest absolute Gasteiger partial charge is 0.358 e. The quantitative estimate of drug-likeness (QED) is 0.556. The monoisotopic (exact) mass is 297 g/mol. The molecule has 0 aromatic rings. The molecule has 0 saturated heterocycles. The highest BCUT2D eigenvalue weighted by atomic mass is 35.5. The highest BCUT2D eigenvalue weighted by Crippen LogP contribution is 2.36. The molecule has 0 aliphatic heterocycles. The van der Waals surface area contributed by atoms with E-state index in [1.54, 1.807) is 0 Å². The van der Waals surface area contributed by atoms with Crippen LogP contribution in [0.3, 0.4) is 0 Å². The highest BCUT2D eigenvalue weighted by Gasteiger charge is 2.27. The van der Waals surface area contributed by atoms with E-state index < -0.39 is 5.97 Å². The zero-order valence-electron chi connectivity index (χ0n) is 11.6. The lowest BCUT2D eigenvalue weighted by molar-refractivity contribution is -0.132. The van der Waals surface area contributed by atoms with E-state index in [4.69, 9.17) is 22.1 Å². The van der Waals surface area contributed by atoms with Gasteiger partial charge in [0.25, 0.3) is 0 Å². The van der Waals surface area contributed by atoms with E-state index in [-0.39, 0.29) is 16.6 Å². The normalized spacial score (nSPS) is 20.2. The van der Waals surface area contributed by atoms with E-state index in [2.05, 4.69) is 16.9 Å². The number of nitrogens with two attached hydrogens (primary N) is 1. The second-order valence-corrected chi connectivity index (χ2v) is 5.65. The molecule has 3 N–H and O–H groups in total. The van der Waals surface area contributed by atoms with Crippen LogP contribution in [0.4, 0.5) is 0 Å². The van der Waals surface area contributed by atoms with Crippen molar-refractivity contribution < 1.29 is 9.53 Å². The topological polar surface area (TPSA) is 76.7 Å². The summed E-state index contributed by atoms with van der Waals surface area (Å²) in [5.74, 6) is 0.650. The summed E-state index contributed by atoms with van der Waals surface area (Å²) in [5, 5.41) is 3.13. The molecule has 0 aromatic heterocycles. The molecular formula is C14H20ClN3O2. The van der Waals surface area contributed by atoms with Gasteiger partial charge in [0.1, 0.15) is 10.9 Å². The van der Waals surface area contributed by atoms with E-state index in [1.165, 1.54) is 20.0 Å². The summed E-state index contributed by atoms with van der Waals surface area (Å²) in [6.45, 7) is 4.63. The molecule has 0 bridgehead atoms. The van der Waals surface area contributed by atoms with Crippen LogP contribution < -0.4 is 11.1 Å². The zero-order chi connectivity index (χ0) is 14.7. The fourth-order valence-electron chi connectivity index (χ4n) is 1.71. The number of nitrogens with zero attached hydrogens (tertiary/aromatic N) is 1. The van der Waals surface area contributed by atoms with Gasteiger partial charge in [0.05, 0.1) is 7.11 Å². The Morgan fingerprint density at radius 2 is 2.10 bits per heavy atom. The summed E-state index contributed by atoms with van der Waals surface area (Å²) in [4.78, 5) is 16.0. The van der Waals surface area contributed by atoms with Crippen LogP contribution in [0.25, 0.3) is 0 Å². The number of halogens is 1. The van der Waals surface area contributed by atoms with Crippen molar-refractivity contribution in [3.8, 4) is 0 Å². The van der Waals surface area contributed by atoms with Gasteiger partial charge in [-0.25, -0.2) is 9.79 Å². The fourth-order valence-corrected chi connectivity index (χ4v) is 1.90. The Labute approximate surface area is 123 Å². The molecule has 110 valence electrons. The number of rotatable bonds is 7. The van der Waals surface area contributed by atoms with Gasteiger partial charge in [-0.1, -0.05) is 18.2 Å². The standard InChI is InChI=1S/C14H20ClN3O2/c1-8(10-5-6-10)18-12(14(19)20-2)11(15)13(16)17-7-9-3-4-9/h9-10,17H,1,3-7,16H2,2H3/b13-11-,18-12+. The Morgan fingerprint density at radius 3 is 2.60 bits per heavy atom. The number of carbonyl (C=O) groups excluding carboxylic acids is 1. The molecule has 0 spiro atoms. The first-order chi connectivity index (χ1) is 9.52. The molecule has 2 saturated carbocycles. The molecular weight excluding hydrogens is 278 g/mol. The minimum absolute atomic E-state index is 0.0202. The van der Waals surface area contributed by atoms with Gasteiger partial charge in [-0.05, 0) is 31.6 Å². The summed E-state index contributed by atoms with van der Waals surface area (Å²) in [7, 11) is 1.29. The van der Waals surface area contributed by atoms with Gasteiger partial charge in [-0.2, -0.15) is 0 Å². The first-order valence-corrected chi connectivity index (χ1v) is 7.16. The number of hydrogen-bond acceptors (Lipinski definition) is 5. The molecule has 0 amide bonds. The predicted octanol–water partition coefficient (Wildman–Crippen LogP) is 1.89. The first kappa shape index (κ1) is 14.9. The minimum atomic E-state index is -0.604. The van der Waals surface area contributed by atoms with Gasteiger partial charge in [-0.3, -0.25) is 0 Å². The van der Waals surface area contributed by atoms with Crippen molar-refractivity contribution in [2.45, 2.75) is 25.7 Å². The number of esters is 1.